The van der Waals surface area contributed by atoms with E-state index in [1.54, 1.807) is 13.8 Å². The number of aliphatic hydroxyl groups is 1. The van der Waals surface area contributed by atoms with Crippen LogP contribution in [0.15, 0.2) is 0 Å². The van der Waals surface area contributed by atoms with Gasteiger partial charge in [0.05, 0.1) is 12.6 Å². The first kappa shape index (κ1) is 30.2. The molecule has 0 heterocycles. The van der Waals surface area contributed by atoms with Gasteiger partial charge in [-0.1, -0.05) is 20.3 Å². The van der Waals surface area contributed by atoms with Gasteiger partial charge in [0.2, 0.25) is 17.7 Å². The summed E-state index contributed by atoms with van der Waals surface area (Å²) in [6.45, 7) is 3.03. The summed E-state index contributed by atoms with van der Waals surface area (Å²) in [5, 5.41) is 34.7. The van der Waals surface area contributed by atoms with Gasteiger partial charge in [-0.3, -0.25) is 19.2 Å². The zero-order chi connectivity index (χ0) is 25.6. The number of carboxylic acids is 2. The second-order valence-corrected chi connectivity index (χ2v) is 7.84. The van der Waals surface area contributed by atoms with E-state index < -0.39 is 60.4 Å². The Labute approximate surface area is 192 Å². The number of nitrogens with two attached hydrogens (primary N) is 2. The van der Waals surface area contributed by atoms with Crippen molar-refractivity contribution >= 4 is 29.7 Å². The van der Waals surface area contributed by atoms with Crippen LogP contribution in [0.3, 0.4) is 0 Å². The van der Waals surface area contributed by atoms with Gasteiger partial charge in [0.15, 0.2) is 0 Å². The first-order chi connectivity index (χ1) is 15.5. The number of hydrogen-bond acceptors (Lipinski definition) is 8. The maximum Gasteiger partial charge on any atom is 0.326 e. The zero-order valence-corrected chi connectivity index (χ0v) is 19.1. The Kier molecular flexibility index (Phi) is 14.6. The van der Waals surface area contributed by atoms with Crippen LogP contribution < -0.4 is 27.4 Å². The van der Waals surface area contributed by atoms with Gasteiger partial charge in [0.25, 0.3) is 0 Å². The van der Waals surface area contributed by atoms with Crippen LogP contribution in [-0.2, 0) is 24.0 Å². The summed E-state index contributed by atoms with van der Waals surface area (Å²) in [4.78, 5) is 59.6. The van der Waals surface area contributed by atoms with Gasteiger partial charge in [0, 0.05) is 6.42 Å². The van der Waals surface area contributed by atoms with Crippen molar-refractivity contribution in [2.24, 2.45) is 17.4 Å². The zero-order valence-electron chi connectivity index (χ0n) is 19.1. The normalized spacial score (nSPS) is 15.4. The van der Waals surface area contributed by atoms with Gasteiger partial charge >= 0.3 is 11.9 Å². The molecule has 5 atom stereocenters. The third kappa shape index (κ3) is 11.6. The number of carbonyl (C=O) groups excluding carboxylic acids is 3. The lowest BCUT2D eigenvalue weighted by Crippen LogP contribution is -2.59. The minimum atomic E-state index is -1.45. The highest BCUT2D eigenvalue weighted by Gasteiger charge is 2.32. The van der Waals surface area contributed by atoms with Crippen molar-refractivity contribution in [3.8, 4) is 0 Å². The molecule has 0 radical (unpaired) electrons. The molecule has 0 aromatic carbocycles. The van der Waals surface area contributed by atoms with E-state index in [0.29, 0.717) is 25.8 Å². The minimum absolute atomic E-state index is 0.127. The van der Waals surface area contributed by atoms with E-state index >= 15 is 0 Å². The van der Waals surface area contributed by atoms with Crippen LogP contribution in [0.5, 0.6) is 0 Å². The molecule has 0 aliphatic heterocycles. The molecule has 190 valence electrons. The van der Waals surface area contributed by atoms with Crippen LogP contribution in [0.1, 0.15) is 52.4 Å². The van der Waals surface area contributed by atoms with Crippen molar-refractivity contribution in [1.82, 2.24) is 16.0 Å². The number of rotatable bonds is 17. The van der Waals surface area contributed by atoms with Gasteiger partial charge in [-0.15, -0.1) is 0 Å². The molecule has 0 fully saturated rings. The van der Waals surface area contributed by atoms with Crippen molar-refractivity contribution in [2.75, 3.05) is 13.2 Å². The summed E-state index contributed by atoms with van der Waals surface area (Å²) in [5.74, 6) is -5.15. The van der Waals surface area contributed by atoms with Gasteiger partial charge in [-0.2, -0.15) is 0 Å². The predicted molar refractivity (Wildman–Crippen MR) is 118 cm³/mol. The SMILES string of the molecule is CCC(C)C(NC(=O)C(N)CCC(=O)O)C(=O)NC(CO)C(=O)NC(CCCCN)C(=O)O. The van der Waals surface area contributed by atoms with Crippen molar-refractivity contribution in [3.63, 3.8) is 0 Å². The summed E-state index contributed by atoms with van der Waals surface area (Å²) in [6, 6.07) is -4.92. The largest absolute Gasteiger partial charge is 0.481 e. The Balaban J connectivity index is 5.21. The van der Waals surface area contributed by atoms with Crippen LogP contribution >= 0.6 is 0 Å². The number of amides is 3. The number of carboxylic acid groups (broad SMARTS) is 2. The highest BCUT2D eigenvalue weighted by Crippen LogP contribution is 2.10. The monoisotopic (exact) mass is 475 g/mol. The topological polar surface area (TPSA) is 234 Å². The number of carbonyl (C=O) groups is 5. The van der Waals surface area contributed by atoms with E-state index in [0.717, 1.165) is 0 Å². The molecule has 0 spiro atoms. The maximum atomic E-state index is 12.8. The van der Waals surface area contributed by atoms with Crippen LogP contribution in [0.4, 0.5) is 0 Å². The molecule has 13 nitrogen and oxygen atoms in total. The van der Waals surface area contributed by atoms with E-state index in [9.17, 15) is 34.2 Å². The van der Waals surface area contributed by atoms with Crippen molar-refractivity contribution in [2.45, 2.75) is 76.5 Å². The van der Waals surface area contributed by atoms with Crippen LogP contribution in [-0.4, -0.2) is 82.3 Å². The van der Waals surface area contributed by atoms with Gasteiger partial charge in [-0.05, 0) is 38.1 Å². The van der Waals surface area contributed by atoms with Gasteiger partial charge < -0.3 is 42.7 Å². The van der Waals surface area contributed by atoms with Gasteiger partial charge in [-0.25, -0.2) is 4.79 Å². The van der Waals surface area contributed by atoms with Gasteiger partial charge in [0.1, 0.15) is 18.1 Å². The molecule has 0 saturated heterocycles. The number of hydrogen-bond donors (Lipinski definition) is 8. The maximum absolute atomic E-state index is 12.8. The molecule has 5 unspecified atom stereocenters. The summed E-state index contributed by atoms with van der Waals surface area (Å²) in [5.41, 5.74) is 11.1. The number of nitrogens with one attached hydrogen (secondary N) is 3. The molecular weight excluding hydrogens is 438 g/mol. The fraction of sp³-hybridized carbons (Fsp3) is 0.750. The summed E-state index contributed by atoms with van der Waals surface area (Å²) >= 11 is 0. The highest BCUT2D eigenvalue weighted by molar-refractivity contribution is 5.94. The number of unbranched alkanes of at least 4 members (excludes halogenated alkanes) is 1. The van der Waals surface area contributed by atoms with Crippen LogP contribution in [0.25, 0.3) is 0 Å². The summed E-state index contributed by atoms with van der Waals surface area (Å²) in [6.07, 6.45) is 1.19. The Morgan fingerprint density at radius 1 is 0.879 bits per heavy atom. The first-order valence-electron chi connectivity index (χ1n) is 10.9. The molecule has 0 rings (SSSR count). The molecule has 33 heavy (non-hydrogen) atoms. The molecule has 10 N–H and O–H groups in total. The van der Waals surface area contributed by atoms with E-state index in [2.05, 4.69) is 16.0 Å². The Morgan fingerprint density at radius 2 is 1.48 bits per heavy atom. The molecule has 0 aliphatic rings. The number of aliphatic hydroxyl groups excluding tert-OH is 1. The molecule has 0 saturated carbocycles. The van der Waals surface area contributed by atoms with E-state index in [-0.39, 0.29) is 25.2 Å². The van der Waals surface area contributed by atoms with Crippen LogP contribution in [0.2, 0.25) is 0 Å². The molecule has 0 aromatic rings. The second kappa shape index (κ2) is 15.9. The summed E-state index contributed by atoms with van der Waals surface area (Å²) in [7, 11) is 0. The quantitative estimate of drug-likeness (QED) is 0.106. The van der Waals surface area contributed by atoms with E-state index in [1.807, 2.05) is 0 Å². The average Bonchev–Trinajstić information content (AvgIpc) is 2.77. The average molecular weight is 476 g/mol. The minimum Gasteiger partial charge on any atom is -0.481 e. The predicted octanol–water partition coefficient (Wildman–Crippen LogP) is -2.12. The van der Waals surface area contributed by atoms with Crippen LogP contribution in [0, 0.1) is 5.92 Å². The smallest absolute Gasteiger partial charge is 0.326 e. The fourth-order valence-electron chi connectivity index (χ4n) is 2.85. The first-order valence-corrected chi connectivity index (χ1v) is 10.9. The standard InChI is InChI=1S/C20H37N5O8/c1-3-11(2)16(25-17(29)12(22)7-8-15(27)28)19(31)24-14(10-26)18(30)23-13(20(32)33)6-4-5-9-21/h11-14,16,26H,3-10,21-22H2,1-2H3,(H,23,30)(H,24,31)(H,25,29)(H,27,28)(H,32,33). The van der Waals surface area contributed by atoms with Crippen molar-refractivity contribution in [1.29, 1.82) is 0 Å². The second-order valence-electron chi connectivity index (χ2n) is 7.84. The third-order valence-electron chi connectivity index (χ3n) is 5.18. The molecule has 0 bridgehead atoms. The molecule has 13 heteroatoms. The summed E-state index contributed by atoms with van der Waals surface area (Å²) < 4.78 is 0. The Morgan fingerprint density at radius 3 is 1.97 bits per heavy atom. The Hall–Kier alpha value is -2.77. The highest BCUT2D eigenvalue weighted by atomic mass is 16.4. The Bertz CT molecular complexity index is 675. The van der Waals surface area contributed by atoms with Crippen molar-refractivity contribution in [3.05, 3.63) is 0 Å². The fourth-order valence-corrected chi connectivity index (χ4v) is 2.85. The van der Waals surface area contributed by atoms with Crippen molar-refractivity contribution < 1.29 is 39.3 Å². The lowest BCUT2D eigenvalue weighted by Gasteiger charge is -2.27. The van der Waals surface area contributed by atoms with E-state index in [4.69, 9.17) is 16.6 Å². The molecular formula is C20H37N5O8. The molecule has 0 aliphatic carbocycles. The number of aliphatic carboxylic acids is 2. The third-order valence-corrected chi connectivity index (χ3v) is 5.18. The lowest BCUT2D eigenvalue weighted by atomic mass is 9.97. The molecule has 3 amide bonds. The molecule has 0 aromatic heterocycles. The van der Waals surface area contributed by atoms with E-state index in [1.165, 1.54) is 0 Å². The lowest BCUT2D eigenvalue weighted by molar-refractivity contribution is -0.143.